The fraction of sp³-hybridized carbons (Fsp3) is 0.500. The third-order valence-corrected chi connectivity index (χ3v) is 3.15. The Morgan fingerprint density at radius 1 is 1.31 bits per heavy atom. The zero-order chi connectivity index (χ0) is 11.4. The van der Waals surface area contributed by atoms with Crippen molar-refractivity contribution >= 4 is 5.91 Å². The molecule has 0 bridgehead atoms. The normalized spacial score (nSPS) is 20.6. The van der Waals surface area contributed by atoms with Crippen LogP contribution in [0.4, 0.5) is 0 Å². The van der Waals surface area contributed by atoms with Crippen LogP contribution < -0.4 is 5.32 Å². The largest absolute Gasteiger partial charge is 0.349 e. The summed E-state index contributed by atoms with van der Waals surface area (Å²) >= 11 is 0. The Hall–Kier alpha value is -1.31. The topological polar surface area (TPSA) is 29.1 Å². The summed E-state index contributed by atoms with van der Waals surface area (Å²) in [4.78, 5) is 11.3. The Balaban J connectivity index is 2.05. The second-order valence-electron chi connectivity index (χ2n) is 4.50. The molecule has 1 aromatic carbocycles. The number of aryl methyl sites for hydroxylation is 1. The van der Waals surface area contributed by atoms with Gasteiger partial charge < -0.3 is 5.32 Å². The number of carbonyl (C=O) groups is 1. The molecular weight excluding hydrogens is 198 g/mol. The predicted molar refractivity (Wildman–Crippen MR) is 65.2 cm³/mol. The first-order chi connectivity index (χ1) is 7.79. The van der Waals surface area contributed by atoms with Crippen molar-refractivity contribution in [2.45, 2.75) is 45.1 Å². The van der Waals surface area contributed by atoms with Crippen LogP contribution in [0, 0.1) is 0 Å². The molecule has 1 aromatic rings. The minimum absolute atomic E-state index is 0.189. The lowest BCUT2D eigenvalue weighted by molar-refractivity contribution is -0.123. The van der Waals surface area contributed by atoms with Crippen molar-refractivity contribution in [3.8, 4) is 0 Å². The first-order valence-electron chi connectivity index (χ1n) is 6.18. The molecule has 1 aliphatic rings. The quantitative estimate of drug-likeness (QED) is 0.828. The van der Waals surface area contributed by atoms with Crippen LogP contribution in [0.3, 0.4) is 0 Å². The second-order valence-corrected chi connectivity index (χ2v) is 4.50. The summed E-state index contributed by atoms with van der Waals surface area (Å²) in [5, 5.41) is 3.05. The lowest BCUT2D eigenvalue weighted by atomic mass is 9.96. The van der Waals surface area contributed by atoms with Gasteiger partial charge in [-0.15, -0.1) is 0 Å². The molecule has 0 saturated carbocycles. The zero-order valence-electron chi connectivity index (χ0n) is 9.83. The van der Waals surface area contributed by atoms with E-state index >= 15 is 0 Å². The van der Waals surface area contributed by atoms with Gasteiger partial charge in [0.15, 0.2) is 0 Å². The maximum atomic E-state index is 11.3. The molecule has 1 heterocycles. The molecule has 0 aromatic heterocycles. The van der Waals surface area contributed by atoms with E-state index in [0.717, 1.165) is 19.3 Å². The Bertz CT molecular complexity index is 356. The van der Waals surface area contributed by atoms with Crippen molar-refractivity contribution in [3.05, 3.63) is 35.4 Å². The van der Waals surface area contributed by atoms with E-state index < -0.39 is 0 Å². The van der Waals surface area contributed by atoms with Crippen LogP contribution in [0.25, 0.3) is 0 Å². The lowest BCUT2D eigenvalue weighted by Crippen LogP contribution is -2.32. The fourth-order valence-corrected chi connectivity index (χ4v) is 2.26. The van der Waals surface area contributed by atoms with Crippen LogP contribution in [0.1, 0.15) is 49.8 Å². The van der Waals surface area contributed by atoms with E-state index in [1.807, 2.05) is 0 Å². The molecule has 1 N–H and O–H groups in total. The molecule has 1 atom stereocenters. The van der Waals surface area contributed by atoms with E-state index in [0.29, 0.717) is 6.42 Å². The number of carbonyl (C=O) groups excluding carboxylic acids is 1. The molecule has 2 heteroatoms. The highest BCUT2D eigenvalue weighted by Crippen LogP contribution is 2.23. The zero-order valence-corrected chi connectivity index (χ0v) is 9.83. The van der Waals surface area contributed by atoms with Crippen molar-refractivity contribution in [2.75, 3.05) is 0 Å². The molecule has 0 radical (unpaired) electrons. The maximum absolute atomic E-state index is 11.3. The summed E-state index contributed by atoms with van der Waals surface area (Å²) in [6.07, 6.45) is 5.08. The number of nitrogens with one attached hydrogen (secondary N) is 1. The molecule has 16 heavy (non-hydrogen) atoms. The highest BCUT2D eigenvalue weighted by atomic mass is 16.1. The highest BCUT2D eigenvalue weighted by molar-refractivity contribution is 5.77. The Kier molecular flexibility index (Phi) is 3.60. The Morgan fingerprint density at radius 3 is 2.69 bits per heavy atom. The third kappa shape index (κ3) is 2.63. The minimum Gasteiger partial charge on any atom is -0.349 e. The third-order valence-electron chi connectivity index (χ3n) is 3.15. The smallest absolute Gasteiger partial charge is 0.220 e. The van der Waals surface area contributed by atoms with Crippen molar-refractivity contribution < 1.29 is 4.79 Å². The van der Waals surface area contributed by atoms with Gasteiger partial charge in [-0.05, 0) is 30.4 Å². The van der Waals surface area contributed by atoms with Crippen molar-refractivity contribution in [2.24, 2.45) is 0 Å². The van der Waals surface area contributed by atoms with Crippen LogP contribution in [-0.4, -0.2) is 5.91 Å². The highest BCUT2D eigenvalue weighted by Gasteiger charge is 2.19. The Labute approximate surface area is 97.1 Å². The van der Waals surface area contributed by atoms with Crippen LogP contribution in [0.15, 0.2) is 24.3 Å². The molecule has 1 unspecified atom stereocenters. The van der Waals surface area contributed by atoms with Gasteiger partial charge in [0.25, 0.3) is 0 Å². The average molecular weight is 217 g/mol. The maximum Gasteiger partial charge on any atom is 0.220 e. The molecule has 0 aliphatic carbocycles. The SMILES string of the molecule is CCCc1ccc(C2CCCC(=O)N2)cc1. The van der Waals surface area contributed by atoms with Gasteiger partial charge in [0, 0.05) is 6.42 Å². The van der Waals surface area contributed by atoms with Crippen molar-refractivity contribution in [3.63, 3.8) is 0 Å². The predicted octanol–water partition coefficient (Wildman–Crippen LogP) is 2.98. The number of hydrogen-bond acceptors (Lipinski definition) is 1. The molecule has 2 nitrogen and oxygen atoms in total. The summed E-state index contributed by atoms with van der Waals surface area (Å²) in [6, 6.07) is 8.90. The average Bonchev–Trinajstić information content (AvgIpc) is 2.30. The van der Waals surface area contributed by atoms with Crippen LogP contribution in [0.2, 0.25) is 0 Å². The van der Waals surface area contributed by atoms with E-state index in [1.165, 1.54) is 17.5 Å². The molecule has 1 fully saturated rings. The number of piperidine rings is 1. The first-order valence-corrected chi connectivity index (χ1v) is 6.18. The van der Waals surface area contributed by atoms with E-state index in [1.54, 1.807) is 0 Å². The number of hydrogen-bond donors (Lipinski definition) is 1. The number of rotatable bonds is 3. The van der Waals surface area contributed by atoms with Gasteiger partial charge in [-0.1, -0.05) is 37.6 Å². The van der Waals surface area contributed by atoms with Crippen LogP contribution in [0.5, 0.6) is 0 Å². The molecule has 0 spiro atoms. The van der Waals surface area contributed by atoms with E-state index in [4.69, 9.17) is 0 Å². The molecule has 1 saturated heterocycles. The second kappa shape index (κ2) is 5.15. The molecule has 1 amide bonds. The first kappa shape index (κ1) is 11.2. The lowest BCUT2D eigenvalue weighted by Gasteiger charge is -2.23. The minimum atomic E-state index is 0.189. The van der Waals surface area contributed by atoms with Gasteiger partial charge >= 0.3 is 0 Å². The summed E-state index contributed by atoms with van der Waals surface area (Å²) in [7, 11) is 0. The van der Waals surface area contributed by atoms with Gasteiger partial charge in [-0.2, -0.15) is 0 Å². The van der Waals surface area contributed by atoms with Crippen LogP contribution >= 0.6 is 0 Å². The fourth-order valence-electron chi connectivity index (χ4n) is 2.26. The Morgan fingerprint density at radius 2 is 2.06 bits per heavy atom. The van der Waals surface area contributed by atoms with E-state index in [2.05, 4.69) is 36.5 Å². The standard InChI is InChI=1S/C14H19NO/c1-2-4-11-7-9-12(10-8-11)13-5-3-6-14(16)15-13/h7-10,13H,2-6H2,1H3,(H,15,16). The summed E-state index contributed by atoms with van der Waals surface area (Å²) in [5.41, 5.74) is 2.63. The van der Waals surface area contributed by atoms with Gasteiger partial charge in [0.2, 0.25) is 5.91 Å². The van der Waals surface area contributed by atoms with Gasteiger partial charge in [-0.3, -0.25) is 4.79 Å². The molecule has 1 aliphatic heterocycles. The summed E-state index contributed by atoms with van der Waals surface area (Å²) < 4.78 is 0. The molecule has 86 valence electrons. The van der Waals surface area contributed by atoms with Crippen molar-refractivity contribution in [1.29, 1.82) is 0 Å². The van der Waals surface area contributed by atoms with E-state index in [9.17, 15) is 4.79 Å². The van der Waals surface area contributed by atoms with Crippen molar-refractivity contribution in [1.82, 2.24) is 5.32 Å². The monoisotopic (exact) mass is 217 g/mol. The van der Waals surface area contributed by atoms with Crippen LogP contribution in [-0.2, 0) is 11.2 Å². The number of benzene rings is 1. The number of amides is 1. The van der Waals surface area contributed by atoms with Gasteiger partial charge in [-0.25, -0.2) is 0 Å². The molecule has 2 rings (SSSR count). The molecular formula is C14H19NO. The summed E-state index contributed by atoms with van der Waals surface area (Å²) in [5.74, 6) is 0.189. The van der Waals surface area contributed by atoms with Gasteiger partial charge in [0.05, 0.1) is 6.04 Å². The summed E-state index contributed by atoms with van der Waals surface area (Å²) in [6.45, 7) is 2.19. The van der Waals surface area contributed by atoms with Gasteiger partial charge in [0.1, 0.15) is 0 Å². The van der Waals surface area contributed by atoms with E-state index in [-0.39, 0.29) is 11.9 Å².